The molecule has 0 aromatic heterocycles. The zero-order valence-electron chi connectivity index (χ0n) is 15.2. The van der Waals surface area contributed by atoms with Gasteiger partial charge >= 0.3 is 6.03 Å². The van der Waals surface area contributed by atoms with Crippen molar-refractivity contribution >= 4 is 23.4 Å². The van der Waals surface area contributed by atoms with Gasteiger partial charge in [-0.25, -0.2) is 4.79 Å². The molecular weight excluding hydrogens is 330 g/mol. The third kappa shape index (κ3) is 5.44. The van der Waals surface area contributed by atoms with E-state index in [-0.39, 0.29) is 18.1 Å². The van der Waals surface area contributed by atoms with Gasteiger partial charge in [0, 0.05) is 25.3 Å². The van der Waals surface area contributed by atoms with E-state index in [4.69, 9.17) is 0 Å². The van der Waals surface area contributed by atoms with Gasteiger partial charge < -0.3 is 15.5 Å². The SMILES string of the molecule is CC(=O)c1ccc(NC(=O)N[C@@H](CC(=O)N(C)C)c2ccccc2)cc1. The van der Waals surface area contributed by atoms with E-state index < -0.39 is 12.1 Å². The van der Waals surface area contributed by atoms with E-state index in [1.165, 1.54) is 11.8 Å². The van der Waals surface area contributed by atoms with E-state index in [0.29, 0.717) is 11.3 Å². The molecule has 2 N–H and O–H groups in total. The highest BCUT2D eigenvalue weighted by Gasteiger charge is 2.19. The Morgan fingerprint density at radius 1 is 0.962 bits per heavy atom. The van der Waals surface area contributed by atoms with Crippen LogP contribution in [0, 0.1) is 0 Å². The van der Waals surface area contributed by atoms with Crippen LogP contribution in [0.1, 0.15) is 35.3 Å². The van der Waals surface area contributed by atoms with Crippen LogP contribution in [0.4, 0.5) is 10.5 Å². The Kier molecular flexibility index (Phi) is 6.49. The predicted molar refractivity (Wildman–Crippen MR) is 101 cm³/mol. The fourth-order valence-corrected chi connectivity index (χ4v) is 2.41. The number of anilines is 1. The lowest BCUT2D eigenvalue weighted by Gasteiger charge is -2.21. The number of nitrogens with one attached hydrogen (secondary N) is 2. The van der Waals surface area contributed by atoms with Crippen molar-refractivity contribution < 1.29 is 14.4 Å². The van der Waals surface area contributed by atoms with Crippen molar-refractivity contribution in [2.75, 3.05) is 19.4 Å². The van der Waals surface area contributed by atoms with Crippen LogP contribution in [0.5, 0.6) is 0 Å². The summed E-state index contributed by atoms with van der Waals surface area (Å²) in [5.41, 5.74) is 2.00. The quantitative estimate of drug-likeness (QED) is 0.783. The van der Waals surface area contributed by atoms with Gasteiger partial charge in [-0.3, -0.25) is 9.59 Å². The number of ketones is 1. The van der Waals surface area contributed by atoms with Gasteiger partial charge in [0.05, 0.1) is 12.5 Å². The predicted octanol–water partition coefficient (Wildman–Crippen LogP) is 3.23. The number of urea groups is 1. The third-order valence-electron chi connectivity index (χ3n) is 3.93. The maximum atomic E-state index is 12.4. The Balaban J connectivity index is 2.07. The minimum absolute atomic E-state index is 0.0349. The first-order valence-electron chi connectivity index (χ1n) is 8.30. The number of benzene rings is 2. The Bertz CT molecular complexity index is 771. The Labute approximate surface area is 153 Å². The number of hydrogen-bond donors (Lipinski definition) is 2. The zero-order valence-corrected chi connectivity index (χ0v) is 15.2. The van der Waals surface area contributed by atoms with Crippen molar-refractivity contribution in [2.24, 2.45) is 0 Å². The molecule has 2 rings (SSSR count). The van der Waals surface area contributed by atoms with E-state index in [1.807, 2.05) is 30.3 Å². The number of nitrogens with zero attached hydrogens (tertiary/aromatic N) is 1. The fourth-order valence-electron chi connectivity index (χ4n) is 2.41. The highest BCUT2D eigenvalue weighted by molar-refractivity contribution is 5.95. The summed E-state index contributed by atoms with van der Waals surface area (Å²) in [6.07, 6.45) is 0.160. The van der Waals surface area contributed by atoms with Gasteiger partial charge in [-0.15, -0.1) is 0 Å². The summed E-state index contributed by atoms with van der Waals surface area (Å²) in [6, 6.07) is 15.1. The number of hydrogen-bond acceptors (Lipinski definition) is 3. The summed E-state index contributed by atoms with van der Waals surface area (Å²) < 4.78 is 0. The molecule has 0 bridgehead atoms. The molecule has 3 amide bonds. The van der Waals surface area contributed by atoms with Crippen molar-refractivity contribution in [1.29, 1.82) is 0 Å². The molecule has 0 radical (unpaired) electrons. The first kappa shape index (κ1) is 19.2. The van der Waals surface area contributed by atoms with Crippen LogP contribution in [0.3, 0.4) is 0 Å². The maximum absolute atomic E-state index is 12.4. The number of amides is 3. The van der Waals surface area contributed by atoms with E-state index >= 15 is 0 Å². The monoisotopic (exact) mass is 353 g/mol. The van der Waals surface area contributed by atoms with Crippen LogP contribution in [0.25, 0.3) is 0 Å². The Morgan fingerprint density at radius 3 is 2.12 bits per heavy atom. The molecule has 136 valence electrons. The second-order valence-corrected chi connectivity index (χ2v) is 6.19. The molecule has 0 aliphatic rings. The molecule has 0 unspecified atom stereocenters. The van der Waals surface area contributed by atoms with E-state index in [1.54, 1.807) is 38.4 Å². The van der Waals surface area contributed by atoms with Gasteiger partial charge in [-0.1, -0.05) is 30.3 Å². The molecule has 2 aromatic carbocycles. The molecule has 0 aliphatic heterocycles. The summed E-state index contributed by atoms with van der Waals surface area (Å²) >= 11 is 0. The highest BCUT2D eigenvalue weighted by Crippen LogP contribution is 2.18. The van der Waals surface area contributed by atoms with Gasteiger partial charge in [0.1, 0.15) is 0 Å². The number of Topliss-reactive ketones (excluding diaryl/α,β-unsaturated/α-hetero) is 1. The van der Waals surface area contributed by atoms with Crippen LogP contribution >= 0.6 is 0 Å². The van der Waals surface area contributed by atoms with Gasteiger partial charge in [0.2, 0.25) is 5.91 Å². The van der Waals surface area contributed by atoms with Crippen LogP contribution in [0.15, 0.2) is 54.6 Å². The van der Waals surface area contributed by atoms with Crippen molar-refractivity contribution in [3.63, 3.8) is 0 Å². The highest BCUT2D eigenvalue weighted by atomic mass is 16.2. The topological polar surface area (TPSA) is 78.5 Å². The molecule has 1 atom stereocenters. The van der Waals surface area contributed by atoms with Crippen molar-refractivity contribution in [2.45, 2.75) is 19.4 Å². The molecule has 0 spiro atoms. The molecule has 6 heteroatoms. The van der Waals surface area contributed by atoms with Gasteiger partial charge in [0.25, 0.3) is 0 Å². The maximum Gasteiger partial charge on any atom is 0.319 e. The molecule has 0 saturated carbocycles. The average Bonchev–Trinajstić information content (AvgIpc) is 2.62. The van der Waals surface area contributed by atoms with E-state index in [2.05, 4.69) is 10.6 Å². The van der Waals surface area contributed by atoms with Crippen LogP contribution < -0.4 is 10.6 Å². The Morgan fingerprint density at radius 2 is 1.58 bits per heavy atom. The first-order valence-corrected chi connectivity index (χ1v) is 8.30. The van der Waals surface area contributed by atoms with Crippen LogP contribution in [-0.2, 0) is 4.79 Å². The van der Waals surface area contributed by atoms with Crippen LogP contribution in [-0.4, -0.2) is 36.7 Å². The lowest BCUT2D eigenvalue weighted by molar-refractivity contribution is -0.129. The average molecular weight is 353 g/mol. The van der Waals surface area contributed by atoms with Gasteiger partial charge in [-0.2, -0.15) is 0 Å². The number of carbonyl (C=O) groups excluding carboxylic acids is 3. The normalized spacial score (nSPS) is 11.3. The molecule has 0 heterocycles. The smallest absolute Gasteiger partial charge is 0.319 e. The molecule has 0 fully saturated rings. The minimum Gasteiger partial charge on any atom is -0.349 e. The number of carbonyl (C=O) groups is 3. The molecule has 0 aliphatic carbocycles. The molecule has 0 saturated heterocycles. The molecule has 6 nitrogen and oxygen atoms in total. The molecule has 2 aromatic rings. The summed E-state index contributed by atoms with van der Waals surface area (Å²) in [6.45, 7) is 1.49. The zero-order chi connectivity index (χ0) is 19.1. The third-order valence-corrected chi connectivity index (χ3v) is 3.93. The minimum atomic E-state index is -0.442. The summed E-state index contributed by atoms with van der Waals surface area (Å²) in [7, 11) is 3.36. The summed E-state index contributed by atoms with van der Waals surface area (Å²) in [5.74, 6) is -0.114. The first-order chi connectivity index (χ1) is 12.4. The second-order valence-electron chi connectivity index (χ2n) is 6.19. The largest absolute Gasteiger partial charge is 0.349 e. The standard InChI is InChI=1S/C20H23N3O3/c1-14(24)15-9-11-17(12-10-15)21-20(26)22-18(13-19(25)23(2)3)16-7-5-4-6-8-16/h4-12,18H,13H2,1-3H3,(H2,21,22,26)/t18-/m0/s1. The lowest BCUT2D eigenvalue weighted by atomic mass is 10.0. The van der Waals surface area contributed by atoms with E-state index in [9.17, 15) is 14.4 Å². The van der Waals surface area contributed by atoms with Crippen LogP contribution in [0.2, 0.25) is 0 Å². The van der Waals surface area contributed by atoms with Crippen molar-refractivity contribution in [3.05, 3.63) is 65.7 Å². The molecule has 26 heavy (non-hydrogen) atoms. The van der Waals surface area contributed by atoms with Gasteiger partial charge in [-0.05, 0) is 36.8 Å². The van der Waals surface area contributed by atoms with Crippen molar-refractivity contribution in [1.82, 2.24) is 10.2 Å². The number of rotatable bonds is 6. The van der Waals surface area contributed by atoms with Crippen molar-refractivity contribution in [3.8, 4) is 0 Å². The van der Waals surface area contributed by atoms with Gasteiger partial charge in [0.15, 0.2) is 5.78 Å². The summed E-state index contributed by atoms with van der Waals surface area (Å²) in [4.78, 5) is 37.2. The lowest BCUT2D eigenvalue weighted by Crippen LogP contribution is -2.36. The Hall–Kier alpha value is -3.15. The summed E-state index contributed by atoms with van der Waals surface area (Å²) in [5, 5.41) is 5.56. The van der Waals surface area contributed by atoms with E-state index in [0.717, 1.165) is 5.56 Å². The fraction of sp³-hybridized carbons (Fsp3) is 0.250. The second kappa shape index (κ2) is 8.80. The molecular formula is C20H23N3O3.